The Bertz CT molecular complexity index is 256. The van der Waals surface area contributed by atoms with Crippen LogP contribution in [-0.4, -0.2) is 28.0 Å². The molecule has 0 amide bonds. The smallest absolute Gasteiger partial charge is 0.135 e. The highest BCUT2D eigenvalue weighted by Gasteiger charge is 2.10. The van der Waals surface area contributed by atoms with Gasteiger partial charge in [-0.05, 0) is 6.92 Å². The second kappa shape index (κ2) is 2.62. The van der Waals surface area contributed by atoms with E-state index >= 15 is 0 Å². The monoisotopic (exact) mass is 153 g/mol. The number of fused-ring (bicyclic) bond motifs is 1. The van der Waals surface area contributed by atoms with Gasteiger partial charge in [-0.15, -0.1) is 10.2 Å². The van der Waals surface area contributed by atoms with Gasteiger partial charge in [0.05, 0.1) is 13.2 Å². The lowest BCUT2D eigenvalue weighted by Gasteiger charge is -2.00. The van der Waals surface area contributed by atoms with E-state index in [1.165, 1.54) is 0 Å². The van der Waals surface area contributed by atoms with Crippen molar-refractivity contribution in [2.75, 3.05) is 13.2 Å². The van der Waals surface area contributed by atoms with Crippen molar-refractivity contribution in [3.63, 3.8) is 0 Å². The summed E-state index contributed by atoms with van der Waals surface area (Å²) in [5, 5.41) is 8.05. The molecule has 0 aromatic carbocycles. The summed E-state index contributed by atoms with van der Waals surface area (Å²) >= 11 is 0. The molecule has 2 heterocycles. The number of ether oxygens (including phenoxy) is 1. The maximum Gasteiger partial charge on any atom is 0.135 e. The highest BCUT2D eigenvalue weighted by atomic mass is 16.5. The third-order valence-corrected chi connectivity index (χ3v) is 1.94. The molecule has 1 aliphatic heterocycles. The summed E-state index contributed by atoms with van der Waals surface area (Å²) in [6, 6.07) is 0. The van der Waals surface area contributed by atoms with Gasteiger partial charge in [-0.3, -0.25) is 0 Å². The normalized spacial score (nSPS) is 17.5. The van der Waals surface area contributed by atoms with E-state index in [1.807, 2.05) is 6.92 Å². The van der Waals surface area contributed by atoms with Crippen LogP contribution in [0.3, 0.4) is 0 Å². The molecule has 0 radical (unpaired) electrons. The lowest BCUT2D eigenvalue weighted by Crippen LogP contribution is -2.05. The molecule has 2 rings (SSSR count). The number of rotatable bonds is 0. The van der Waals surface area contributed by atoms with E-state index in [-0.39, 0.29) is 0 Å². The summed E-state index contributed by atoms with van der Waals surface area (Å²) in [5.74, 6) is 2.05. The van der Waals surface area contributed by atoms with Gasteiger partial charge in [0.2, 0.25) is 0 Å². The van der Waals surface area contributed by atoms with Crippen LogP contribution in [0.2, 0.25) is 0 Å². The maximum atomic E-state index is 5.30. The molecule has 60 valence electrons. The Kier molecular flexibility index (Phi) is 1.62. The second-order valence-electron chi connectivity index (χ2n) is 2.68. The van der Waals surface area contributed by atoms with Gasteiger partial charge < -0.3 is 9.30 Å². The van der Waals surface area contributed by atoms with E-state index in [2.05, 4.69) is 14.8 Å². The molecule has 0 unspecified atom stereocenters. The average Bonchev–Trinajstić information content (AvgIpc) is 2.25. The quantitative estimate of drug-likeness (QED) is 0.533. The van der Waals surface area contributed by atoms with Crippen LogP contribution >= 0.6 is 0 Å². The van der Waals surface area contributed by atoms with Crippen LogP contribution in [0, 0.1) is 6.92 Å². The van der Waals surface area contributed by atoms with Crippen LogP contribution in [-0.2, 0) is 17.7 Å². The Hall–Kier alpha value is -0.900. The van der Waals surface area contributed by atoms with Gasteiger partial charge in [0, 0.05) is 13.0 Å². The summed E-state index contributed by atoms with van der Waals surface area (Å²) in [5.41, 5.74) is 0. The molecule has 0 saturated heterocycles. The van der Waals surface area contributed by atoms with Gasteiger partial charge in [0.15, 0.2) is 0 Å². The van der Waals surface area contributed by atoms with Crippen molar-refractivity contribution < 1.29 is 4.74 Å². The van der Waals surface area contributed by atoms with Gasteiger partial charge in [0.1, 0.15) is 11.6 Å². The van der Waals surface area contributed by atoms with Crippen molar-refractivity contribution in [3.05, 3.63) is 11.6 Å². The fourth-order valence-electron chi connectivity index (χ4n) is 1.32. The van der Waals surface area contributed by atoms with Crippen molar-refractivity contribution >= 4 is 0 Å². The summed E-state index contributed by atoms with van der Waals surface area (Å²) in [4.78, 5) is 0. The van der Waals surface area contributed by atoms with E-state index in [1.54, 1.807) is 0 Å². The molecule has 4 heteroatoms. The summed E-state index contributed by atoms with van der Waals surface area (Å²) < 4.78 is 7.42. The summed E-state index contributed by atoms with van der Waals surface area (Å²) in [6.07, 6.45) is 0.890. The average molecular weight is 153 g/mol. The summed E-state index contributed by atoms with van der Waals surface area (Å²) in [7, 11) is 0. The molecule has 0 spiro atoms. The van der Waals surface area contributed by atoms with Gasteiger partial charge in [-0.25, -0.2) is 0 Å². The van der Waals surface area contributed by atoms with Crippen molar-refractivity contribution in [2.45, 2.75) is 19.9 Å². The topological polar surface area (TPSA) is 39.9 Å². The highest BCUT2D eigenvalue weighted by molar-refractivity contribution is 4.94. The zero-order chi connectivity index (χ0) is 7.68. The first-order valence-corrected chi connectivity index (χ1v) is 3.84. The highest BCUT2D eigenvalue weighted by Crippen LogP contribution is 2.05. The van der Waals surface area contributed by atoms with Gasteiger partial charge >= 0.3 is 0 Å². The van der Waals surface area contributed by atoms with Crippen LogP contribution in [0.25, 0.3) is 0 Å². The third kappa shape index (κ3) is 1.14. The van der Waals surface area contributed by atoms with Gasteiger partial charge in [0.25, 0.3) is 0 Å². The third-order valence-electron chi connectivity index (χ3n) is 1.94. The second-order valence-corrected chi connectivity index (χ2v) is 2.68. The molecule has 0 saturated carbocycles. The lowest BCUT2D eigenvalue weighted by molar-refractivity contribution is 0.139. The Morgan fingerprint density at radius 2 is 2.27 bits per heavy atom. The Balaban J connectivity index is 2.35. The zero-order valence-corrected chi connectivity index (χ0v) is 6.58. The van der Waals surface area contributed by atoms with Crippen molar-refractivity contribution in [2.24, 2.45) is 0 Å². The van der Waals surface area contributed by atoms with Crippen LogP contribution in [0.15, 0.2) is 0 Å². The minimum absolute atomic E-state index is 0.776. The van der Waals surface area contributed by atoms with E-state index < -0.39 is 0 Å². The molecular formula is C7H11N3O. The number of nitrogens with zero attached hydrogens (tertiary/aromatic N) is 3. The van der Waals surface area contributed by atoms with Crippen LogP contribution < -0.4 is 0 Å². The standard InChI is InChI=1S/C7H11N3O/c1-6-8-9-7-2-4-11-5-3-10(6)7/h2-5H2,1H3. The molecule has 0 aliphatic carbocycles. The van der Waals surface area contributed by atoms with Crippen LogP contribution in [0.1, 0.15) is 11.6 Å². The molecule has 0 N–H and O–H groups in total. The molecule has 1 aromatic heterocycles. The first kappa shape index (κ1) is 6.79. The number of hydrogen-bond donors (Lipinski definition) is 0. The maximum absolute atomic E-state index is 5.30. The number of hydrogen-bond acceptors (Lipinski definition) is 3. The Morgan fingerprint density at radius 3 is 3.18 bits per heavy atom. The zero-order valence-electron chi connectivity index (χ0n) is 6.58. The van der Waals surface area contributed by atoms with Gasteiger partial charge in [-0.2, -0.15) is 0 Å². The molecule has 1 aliphatic rings. The van der Waals surface area contributed by atoms with Crippen molar-refractivity contribution in [1.29, 1.82) is 0 Å². The molecule has 0 atom stereocenters. The predicted molar refractivity (Wildman–Crippen MR) is 39.3 cm³/mol. The molecule has 0 fully saturated rings. The van der Waals surface area contributed by atoms with Crippen molar-refractivity contribution in [3.8, 4) is 0 Å². The molecule has 11 heavy (non-hydrogen) atoms. The fraction of sp³-hybridized carbons (Fsp3) is 0.714. The van der Waals surface area contributed by atoms with Crippen LogP contribution in [0.4, 0.5) is 0 Å². The molecular weight excluding hydrogens is 142 g/mol. The fourth-order valence-corrected chi connectivity index (χ4v) is 1.32. The lowest BCUT2D eigenvalue weighted by atomic mass is 10.4. The Labute approximate surface area is 65.2 Å². The van der Waals surface area contributed by atoms with Crippen molar-refractivity contribution in [1.82, 2.24) is 14.8 Å². The van der Waals surface area contributed by atoms with E-state index in [0.29, 0.717) is 0 Å². The minimum atomic E-state index is 0.776. The van der Waals surface area contributed by atoms with E-state index in [4.69, 9.17) is 4.74 Å². The first-order valence-electron chi connectivity index (χ1n) is 3.84. The molecule has 4 nitrogen and oxygen atoms in total. The summed E-state index contributed by atoms with van der Waals surface area (Å²) in [6.45, 7) is 4.43. The first-order chi connectivity index (χ1) is 5.38. The molecule has 0 bridgehead atoms. The van der Waals surface area contributed by atoms with Gasteiger partial charge in [-0.1, -0.05) is 0 Å². The number of aromatic nitrogens is 3. The minimum Gasteiger partial charge on any atom is -0.379 e. The largest absolute Gasteiger partial charge is 0.379 e. The molecule has 1 aromatic rings. The van der Waals surface area contributed by atoms with E-state index in [9.17, 15) is 0 Å². The predicted octanol–water partition coefficient (Wildman–Crippen LogP) is 0.159. The van der Waals surface area contributed by atoms with Crippen LogP contribution in [0.5, 0.6) is 0 Å². The SMILES string of the molecule is Cc1nnc2n1CCOCC2. The Morgan fingerprint density at radius 1 is 1.36 bits per heavy atom. The number of aryl methyl sites for hydroxylation is 1. The van der Waals surface area contributed by atoms with E-state index in [0.717, 1.165) is 37.8 Å².